The molecule has 1 spiro atoms. The minimum atomic E-state index is -1.30. The molecule has 2 amide bonds. The Bertz CT molecular complexity index is 1250. The van der Waals surface area contributed by atoms with E-state index >= 15 is 0 Å². The van der Waals surface area contributed by atoms with Gasteiger partial charge in [-0.15, -0.1) is 11.3 Å². The fourth-order valence-corrected chi connectivity index (χ4v) is 5.91. The predicted octanol–water partition coefficient (Wildman–Crippen LogP) is 4.37. The van der Waals surface area contributed by atoms with Crippen molar-refractivity contribution in [2.45, 2.75) is 11.8 Å². The van der Waals surface area contributed by atoms with Crippen molar-refractivity contribution in [1.82, 2.24) is 0 Å². The number of fused-ring (bicyclic) bond motifs is 4. The van der Waals surface area contributed by atoms with E-state index in [-0.39, 0.29) is 23.1 Å². The van der Waals surface area contributed by atoms with Crippen LogP contribution < -0.4 is 10.2 Å². The summed E-state index contributed by atoms with van der Waals surface area (Å²) in [7, 11) is 1.65. The number of carbonyl (C=O) groups excluding carboxylic acids is 2. The Labute approximate surface area is 180 Å². The van der Waals surface area contributed by atoms with E-state index in [9.17, 15) is 19.5 Å². The molecule has 0 bridgehead atoms. The minimum Gasteiger partial charge on any atom is -0.477 e. The van der Waals surface area contributed by atoms with E-state index in [0.717, 1.165) is 11.3 Å². The molecule has 0 fully saturated rings. The summed E-state index contributed by atoms with van der Waals surface area (Å²) in [6.45, 7) is 0. The lowest BCUT2D eigenvalue weighted by Gasteiger charge is -2.32. The van der Waals surface area contributed by atoms with Gasteiger partial charge in [0.15, 0.2) is 0 Å². The largest absolute Gasteiger partial charge is 0.477 e. The maximum Gasteiger partial charge on any atom is 0.346 e. The van der Waals surface area contributed by atoms with Crippen molar-refractivity contribution >= 4 is 52.1 Å². The number of anilines is 2. The minimum absolute atomic E-state index is 0.0821. The van der Waals surface area contributed by atoms with Crippen molar-refractivity contribution in [3.05, 3.63) is 68.9 Å². The third-order valence-corrected chi connectivity index (χ3v) is 7.27. The average Bonchev–Trinajstić information content (AvgIpc) is 3.20. The summed E-state index contributed by atoms with van der Waals surface area (Å²) >= 11 is 7.28. The fraction of sp³-hybridized carbons (Fsp3) is 0.136. The van der Waals surface area contributed by atoms with E-state index in [2.05, 4.69) is 5.32 Å². The van der Waals surface area contributed by atoms with Crippen LogP contribution in [0.4, 0.5) is 11.4 Å². The molecule has 0 saturated carbocycles. The summed E-state index contributed by atoms with van der Waals surface area (Å²) in [5.74, 6) is -1.72. The highest BCUT2D eigenvalue weighted by molar-refractivity contribution is 7.15. The molecule has 3 heterocycles. The van der Waals surface area contributed by atoms with Crippen molar-refractivity contribution in [1.29, 1.82) is 0 Å². The van der Waals surface area contributed by atoms with Gasteiger partial charge in [-0.3, -0.25) is 9.59 Å². The Morgan fingerprint density at radius 3 is 2.63 bits per heavy atom. The third-order valence-electron chi connectivity index (χ3n) is 5.69. The molecular weight excluding hydrogens is 424 g/mol. The number of hydrogen-bond acceptors (Lipinski definition) is 4. The average molecular weight is 439 g/mol. The van der Waals surface area contributed by atoms with Crippen LogP contribution >= 0.6 is 22.9 Å². The van der Waals surface area contributed by atoms with Gasteiger partial charge < -0.3 is 15.3 Å². The van der Waals surface area contributed by atoms with Crippen molar-refractivity contribution in [3.8, 4) is 11.1 Å². The lowest BCUT2D eigenvalue weighted by molar-refractivity contribution is -0.126. The Morgan fingerprint density at radius 2 is 1.93 bits per heavy atom. The van der Waals surface area contributed by atoms with Crippen LogP contribution in [0.5, 0.6) is 0 Å². The molecule has 8 heteroatoms. The van der Waals surface area contributed by atoms with Crippen molar-refractivity contribution < 1.29 is 19.5 Å². The molecule has 0 radical (unpaired) electrons. The first-order chi connectivity index (χ1) is 14.3. The molecule has 2 aromatic carbocycles. The van der Waals surface area contributed by atoms with Gasteiger partial charge in [0.1, 0.15) is 10.3 Å². The lowest BCUT2D eigenvalue weighted by atomic mass is 9.74. The third kappa shape index (κ3) is 2.39. The second kappa shape index (κ2) is 6.42. The van der Waals surface area contributed by atoms with Gasteiger partial charge in [0.2, 0.25) is 11.8 Å². The number of aromatic carboxylic acids is 1. The highest BCUT2D eigenvalue weighted by Crippen LogP contribution is 2.57. The highest BCUT2D eigenvalue weighted by Gasteiger charge is 2.57. The molecule has 1 atom stereocenters. The number of carboxylic acids is 1. The number of nitrogens with one attached hydrogen (secondary N) is 1. The van der Waals surface area contributed by atoms with Crippen LogP contribution in [-0.2, 0) is 15.0 Å². The van der Waals surface area contributed by atoms with Gasteiger partial charge in [-0.25, -0.2) is 4.79 Å². The summed E-state index contributed by atoms with van der Waals surface area (Å²) in [5, 5.41) is 13.2. The summed E-state index contributed by atoms with van der Waals surface area (Å²) < 4.78 is 0. The fourth-order valence-electron chi connectivity index (χ4n) is 4.43. The number of halogens is 1. The molecule has 6 nitrogen and oxygen atoms in total. The van der Waals surface area contributed by atoms with Crippen molar-refractivity contribution in [3.63, 3.8) is 0 Å². The number of benzene rings is 2. The van der Waals surface area contributed by atoms with Gasteiger partial charge in [-0.05, 0) is 29.3 Å². The molecule has 0 aliphatic carbocycles. The van der Waals surface area contributed by atoms with Gasteiger partial charge in [0.05, 0.1) is 17.0 Å². The van der Waals surface area contributed by atoms with E-state index in [1.165, 1.54) is 4.90 Å². The maximum atomic E-state index is 13.5. The maximum absolute atomic E-state index is 13.5. The molecule has 2 N–H and O–H groups in total. The van der Waals surface area contributed by atoms with E-state index in [4.69, 9.17) is 11.6 Å². The van der Waals surface area contributed by atoms with Crippen LogP contribution in [0.15, 0.2) is 48.5 Å². The standard InChI is InChI=1S/C22H15ClN2O4S/c1-25-14-8-7-12(23)9-13(14)22(21(25)29)10-15(26)24-17-16(11-5-3-2-4-6-11)18(20(27)28)30-19(17)22/h2-9H,10H2,1H3,(H,24,26)(H,27,28)/t22-/m1/s1. The SMILES string of the molecule is CN1C(=O)[C@]2(CC(=O)Nc3c2sc(C(=O)O)c3-c2ccccc2)c2cc(Cl)ccc21. The molecule has 30 heavy (non-hydrogen) atoms. The van der Waals surface area contributed by atoms with Crippen molar-refractivity contribution in [2.24, 2.45) is 0 Å². The molecular formula is C22H15ClN2O4S. The van der Waals surface area contributed by atoms with Crippen LogP contribution in [0, 0.1) is 0 Å². The van der Waals surface area contributed by atoms with Crippen LogP contribution in [-0.4, -0.2) is 29.9 Å². The van der Waals surface area contributed by atoms with Crippen LogP contribution in [0.3, 0.4) is 0 Å². The highest BCUT2D eigenvalue weighted by atomic mass is 35.5. The molecule has 5 rings (SSSR count). The zero-order valence-electron chi connectivity index (χ0n) is 15.7. The summed E-state index contributed by atoms with van der Waals surface area (Å²) in [4.78, 5) is 40.6. The summed E-state index contributed by atoms with van der Waals surface area (Å²) in [6.07, 6.45) is -0.107. The monoisotopic (exact) mass is 438 g/mol. The van der Waals surface area contributed by atoms with Gasteiger partial charge >= 0.3 is 5.97 Å². The van der Waals surface area contributed by atoms with Crippen LogP contribution in [0.25, 0.3) is 11.1 Å². The zero-order chi connectivity index (χ0) is 21.2. The predicted molar refractivity (Wildman–Crippen MR) is 116 cm³/mol. The lowest BCUT2D eigenvalue weighted by Crippen LogP contribution is -2.45. The van der Waals surface area contributed by atoms with Gasteiger partial charge in [0, 0.05) is 23.3 Å². The van der Waals surface area contributed by atoms with E-state index in [1.807, 2.05) is 6.07 Å². The van der Waals surface area contributed by atoms with E-state index in [0.29, 0.717) is 38.0 Å². The Kier molecular flexibility index (Phi) is 4.03. The first-order valence-electron chi connectivity index (χ1n) is 9.18. The molecule has 2 aliphatic heterocycles. The number of nitrogens with zero attached hydrogens (tertiary/aromatic N) is 1. The van der Waals surface area contributed by atoms with Crippen LogP contribution in [0.2, 0.25) is 5.02 Å². The number of carbonyl (C=O) groups is 3. The van der Waals surface area contributed by atoms with E-state index < -0.39 is 11.4 Å². The zero-order valence-corrected chi connectivity index (χ0v) is 17.3. The van der Waals surface area contributed by atoms with Gasteiger partial charge in [-0.1, -0.05) is 41.9 Å². The second-order valence-electron chi connectivity index (χ2n) is 7.34. The number of thiophene rings is 1. The Balaban J connectivity index is 1.88. The smallest absolute Gasteiger partial charge is 0.346 e. The molecule has 2 aliphatic rings. The van der Waals surface area contributed by atoms with Gasteiger partial charge in [0.25, 0.3) is 0 Å². The van der Waals surface area contributed by atoms with Crippen molar-refractivity contribution in [2.75, 3.05) is 17.3 Å². The number of carboxylic acid groups (broad SMARTS) is 1. The van der Waals surface area contributed by atoms with Gasteiger partial charge in [-0.2, -0.15) is 0 Å². The first-order valence-corrected chi connectivity index (χ1v) is 10.4. The summed E-state index contributed by atoms with van der Waals surface area (Å²) in [6, 6.07) is 14.1. The first kappa shape index (κ1) is 18.8. The molecule has 0 unspecified atom stereocenters. The quantitative estimate of drug-likeness (QED) is 0.622. The number of hydrogen-bond donors (Lipinski definition) is 2. The Morgan fingerprint density at radius 1 is 1.20 bits per heavy atom. The number of rotatable bonds is 2. The van der Waals surface area contributed by atoms with E-state index in [1.54, 1.807) is 49.5 Å². The normalized spacial score (nSPS) is 19.6. The second-order valence-corrected chi connectivity index (χ2v) is 8.79. The summed E-state index contributed by atoms with van der Waals surface area (Å²) in [5.41, 5.74) is 1.45. The molecule has 150 valence electrons. The van der Waals surface area contributed by atoms with Crippen LogP contribution in [0.1, 0.15) is 26.5 Å². The number of amides is 2. The Hall–Kier alpha value is -3.16. The molecule has 1 aromatic heterocycles. The topological polar surface area (TPSA) is 86.7 Å². The molecule has 0 saturated heterocycles. The molecule has 3 aromatic rings. The number of likely N-dealkylation sites (N-methyl/N-ethyl adjacent to an activating group) is 1.